The van der Waals surface area contributed by atoms with Gasteiger partial charge in [-0.25, -0.2) is 0 Å². The van der Waals surface area contributed by atoms with Crippen LogP contribution in [0.3, 0.4) is 0 Å². The van der Waals surface area contributed by atoms with E-state index in [0.29, 0.717) is 22.0 Å². The van der Waals surface area contributed by atoms with Gasteiger partial charge in [0.15, 0.2) is 0 Å². The van der Waals surface area contributed by atoms with Crippen LogP contribution in [0.5, 0.6) is 5.75 Å². The highest BCUT2D eigenvalue weighted by molar-refractivity contribution is 7.17. The summed E-state index contributed by atoms with van der Waals surface area (Å²) in [7, 11) is 1.55. The van der Waals surface area contributed by atoms with E-state index in [-0.39, 0.29) is 11.8 Å². The van der Waals surface area contributed by atoms with Gasteiger partial charge in [-0.1, -0.05) is 36.4 Å². The zero-order chi connectivity index (χ0) is 19.4. The smallest absolute Gasteiger partial charge is 0.269 e. The number of carbonyl (C=O) groups excluding carboxylic acids is 2. The summed E-state index contributed by atoms with van der Waals surface area (Å²) in [6, 6.07) is 17.1. The van der Waals surface area contributed by atoms with Crippen molar-refractivity contribution in [2.24, 2.45) is 0 Å². The van der Waals surface area contributed by atoms with Crippen LogP contribution in [0.2, 0.25) is 0 Å². The molecule has 0 aliphatic rings. The van der Waals surface area contributed by atoms with Crippen LogP contribution in [-0.4, -0.2) is 18.9 Å². The largest absolute Gasteiger partial charge is 0.495 e. The van der Waals surface area contributed by atoms with Crippen LogP contribution in [-0.2, 0) is 4.79 Å². The van der Waals surface area contributed by atoms with E-state index >= 15 is 0 Å². The first-order valence-electron chi connectivity index (χ1n) is 8.40. The van der Waals surface area contributed by atoms with E-state index in [9.17, 15) is 9.59 Å². The maximum atomic E-state index is 12.8. The van der Waals surface area contributed by atoms with Crippen LogP contribution < -0.4 is 15.4 Å². The molecule has 0 spiro atoms. The Morgan fingerprint density at radius 3 is 2.41 bits per heavy atom. The molecule has 0 bridgehead atoms. The van der Waals surface area contributed by atoms with E-state index in [2.05, 4.69) is 10.6 Å². The number of nitrogens with one attached hydrogen (secondary N) is 2. The van der Waals surface area contributed by atoms with Crippen LogP contribution in [0.1, 0.15) is 22.2 Å². The highest BCUT2D eigenvalue weighted by atomic mass is 32.1. The molecule has 6 heteroatoms. The molecule has 0 saturated heterocycles. The summed E-state index contributed by atoms with van der Waals surface area (Å²) in [5.74, 6) is 0.121. The molecule has 0 aliphatic carbocycles. The van der Waals surface area contributed by atoms with Crippen molar-refractivity contribution in [3.05, 3.63) is 65.0 Å². The second-order valence-corrected chi connectivity index (χ2v) is 7.09. The fraction of sp³-hybridized carbons (Fsp3) is 0.143. The Bertz CT molecular complexity index is 980. The summed E-state index contributed by atoms with van der Waals surface area (Å²) in [6.45, 7) is 3.34. The molecule has 5 nitrogen and oxygen atoms in total. The monoisotopic (exact) mass is 380 g/mol. The number of anilines is 2. The summed E-state index contributed by atoms with van der Waals surface area (Å²) in [6.07, 6.45) is 0. The molecule has 2 aromatic carbocycles. The Hall–Kier alpha value is -3.12. The third-order valence-corrected chi connectivity index (χ3v) is 5.15. The third kappa shape index (κ3) is 4.35. The molecule has 2 N–H and O–H groups in total. The van der Waals surface area contributed by atoms with Crippen molar-refractivity contribution in [1.82, 2.24) is 0 Å². The fourth-order valence-corrected chi connectivity index (χ4v) is 3.67. The Morgan fingerprint density at radius 1 is 1.00 bits per heavy atom. The van der Waals surface area contributed by atoms with E-state index in [1.54, 1.807) is 19.2 Å². The standard InChI is InChI=1S/C21H20N2O3S/c1-13-9-10-16(11-17(13)22-14(2)24)23-21(25)20-18(26-3)12-19(27-20)15-7-5-4-6-8-15/h4-12H,1-3H3,(H,22,24)(H,23,25). The number of aryl methyl sites for hydroxylation is 1. The normalized spacial score (nSPS) is 10.3. The van der Waals surface area contributed by atoms with Crippen molar-refractivity contribution >= 4 is 34.5 Å². The lowest BCUT2D eigenvalue weighted by atomic mass is 10.1. The average Bonchev–Trinajstić information content (AvgIpc) is 3.09. The summed E-state index contributed by atoms with van der Waals surface area (Å²) >= 11 is 1.38. The van der Waals surface area contributed by atoms with E-state index in [0.717, 1.165) is 16.0 Å². The molecule has 27 heavy (non-hydrogen) atoms. The Morgan fingerprint density at radius 2 is 1.74 bits per heavy atom. The molecule has 1 aromatic heterocycles. The van der Waals surface area contributed by atoms with Crippen LogP contribution in [0.25, 0.3) is 10.4 Å². The Labute approximate surface area is 162 Å². The predicted molar refractivity (Wildman–Crippen MR) is 110 cm³/mol. The van der Waals surface area contributed by atoms with Crippen molar-refractivity contribution in [3.63, 3.8) is 0 Å². The van der Waals surface area contributed by atoms with Crippen LogP contribution >= 0.6 is 11.3 Å². The van der Waals surface area contributed by atoms with Crippen molar-refractivity contribution in [2.75, 3.05) is 17.7 Å². The number of hydrogen-bond donors (Lipinski definition) is 2. The predicted octanol–water partition coefficient (Wildman–Crippen LogP) is 4.94. The second kappa shape index (κ2) is 8.05. The summed E-state index contributed by atoms with van der Waals surface area (Å²) in [5.41, 5.74) is 3.22. The van der Waals surface area contributed by atoms with E-state index < -0.39 is 0 Å². The average molecular weight is 380 g/mol. The SMILES string of the molecule is COc1cc(-c2ccccc2)sc1C(=O)Nc1ccc(C)c(NC(C)=O)c1. The van der Waals surface area contributed by atoms with E-state index in [1.165, 1.54) is 18.3 Å². The molecule has 3 rings (SSSR count). The summed E-state index contributed by atoms with van der Waals surface area (Å²) in [4.78, 5) is 25.6. The number of amides is 2. The van der Waals surface area contributed by atoms with E-state index in [1.807, 2.05) is 49.4 Å². The van der Waals surface area contributed by atoms with Gasteiger partial charge in [0.1, 0.15) is 10.6 Å². The van der Waals surface area contributed by atoms with Crippen molar-refractivity contribution in [3.8, 4) is 16.2 Å². The van der Waals surface area contributed by atoms with Crippen LogP contribution in [0.15, 0.2) is 54.6 Å². The maximum Gasteiger partial charge on any atom is 0.269 e. The van der Waals surface area contributed by atoms with Gasteiger partial charge in [-0.3, -0.25) is 9.59 Å². The molecule has 3 aromatic rings. The van der Waals surface area contributed by atoms with Gasteiger partial charge < -0.3 is 15.4 Å². The number of rotatable bonds is 5. The molecule has 0 unspecified atom stereocenters. The quantitative estimate of drug-likeness (QED) is 0.659. The lowest BCUT2D eigenvalue weighted by Gasteiger charge is -2.10. The molecule has 0 atom stereocenters. The molecule has 2 amide bonds. The number of benzene rings is 2. The number of hydrogen-bond acceptors (Lipinski definition) is 4. The summed E-state index contributed by atoms with van der Waals surface area (Å²) in [5, 5.41) is 5.64. The van der Waals surface area contributed by atoms with Crippen molar-refractivity contribution in [2.45, 2.75) is 13.8 Å². The van der Waals surface area contributed by atoms with Gasteiger partial charge >= 0.3 is 0 Å². The minimum Gasteiger partial charge on any atom is -0.495 e. The molecule has 0 saturated carbocycles. The zero-order valence-electron chi connectivity index (χ0n) is 15.3. The number of ether oxygens (including phenoxy) is 1. The van der Waals surface area contributed by atoms with Gasteiger partial charge in [0, 0.05) is 23.2 Å². The Balaban J connectivity index is 1.86. The van der Waals surface area contributed by atoms with Crippen LogP contribution in [0.4, 0.5) is 11.4 Å². The number of thiophene rings is 1. The number of carbonyl (C=O) groups is 2. The molecule has 1 heterocycles. The Kier molecular flexibility index (Phi) is 5.57. The molecular weight excluding hydrogens is 360 g/mol. The molecule has 0 fully saturated rings. The van der Waals surface area contributed by atoms with Gasteiger partial charge in [0.25, 0.3) is 5.91 Å². The number of methoxy groups -OCH3 is 1. The van der Waals surface area contributed by atoms with Gasteiger partial charge in [-0.15, -0.1) is 11.3 Å². The first-order chi connectivity index (χ1) is 13.0. The minimum absolute atomic E-state index is 0.158. The minimum atomic E-state index is -0.253. The van der Waals surface area contributed by atoms with Gasteiger partial charge in [0.2, 0.25) is 5.91 Å². The van der Waals surface area contributed by atoms with Gasteiger partial charge in [-0.2, -0.15) is 0 Å². The first kappa shape index (κ1) is 18.7. The molecular formula is C21H20N2O3S. The lowest BCUT2D eigenvalue weighted by molar-refractivity contribution is -0.114. The molecule has 138 valence electrons. The first-order valence-corrected chi connectivity index (χ1v) is 9.22. The lowest BCUT2D eigenvalue weighted by Crippen LogP contribution is -2.12. The topological polar surface area (TPSA) is 67.4 Å². The van der Waals surface area contributed by atoms with E-state index in [4.69, 9.17) is 4.74 Å². The fourth-order valence-electron chi connectivity index (χ4n) is 2.64. The third-order valence-electron chi connectivity index (χ3n) is 3.99. The zero-order valence-corrected chi connectivity index (χ0v) is 16.1. The molecule has 0 aliphatic heterocycles. The summed E-state index contributed by atoms with van der Waals surface area (Å²) < 4.78 is 5.39. The maximum absolute atomic E-state index is 12.8. The van der Waals surface area contributed by atoms with Crippen molar-refractivity contribution in [1.29, 1.82) is 0 Å². The van der Waals surface area contributed by atoms with Gasteiger partial charge in [0.05, 0.1) is 7.11 Å². The van der Waals surface area contributed by atoms with Gasteiger partial charge in [-0.05, 0) is 36.2 Å². The highest BCUT2D eigenvalue weighted by Gasteiger charge is 2.18. The second-order valence-electron chi connectivity index (χ2n) is 6.04. The van der Waals surface area contributed by atoms with Crippen LogP contribution in [0, 0.1) is 6.92 Å². The van der Waals surface area contributed by atoms with Crippen molar-refractivity contribution < 1.29 is 14.3 Å². The highest BCUT2D eigenvalue weighted by Crippen LogP contribution is 2.36. The molecule has 0 radical (unpaired) electrons.